The van der Waals surface area contributed by atoms with Crippen LogP contribution in [-0.2, 0) is 17.3 Å². The third-order valence-corrected chi connectivity index (χ3v) is 2.59. The topological polar surface area (TPSA) is 60.9 Å². The minimum Gasteiger partial charge on any atom is -0.332 e. The quantitative estimate of drug-likeness (QED) is 0.761. The number of aryl methyl sites for hydroxylation is 1. The number of hydrogen-bond donors (Lipinski definition) is 1. The summed E-state index contributed by atoms with van der Waals surface area (Å²) in [6, 6.07) is -0.0206. The van der Waals surface area contributed by atoms with E-state index >= 15 is 0 Å². The van der Waals surface area contributed by atoms with Crippen LogP contribution >= 0.6 is 0 Å². The average Bonchev–Trinajstić information content (AvgIpc) is 2.47. The van der Waals surface area contributed by atoms with Crippen molar-refractivity contribution in [1.29, 1.82) is 0 Å². The predicted molar refractivity (Wildman–Crippen MR) is 53.8 cm³/mol. The summed E-state index contributed by atoms with van der Waals surface area (Å²) < 4.78 is 12.8. The van der Waals surface area contributed by atoms with E-state index in [4.69, 9.17) is 5.73 Å². The summed E-state index contributed by atoms with van der Waals surface area (Å²) in [4.78, 5) is 4.01. The molecule has 0 aliphatic heterocycles. The van der Waals surface area contributed by atoms with Crippen molar-refractivity contribution in [3.63, 3.8) is 0 Å². The lowest BCUT2D eigenvalue weighted by Gasteiger charge is -2.09. The number of hydrogen-bond acceptors (Lipinski definition) is 3. The van der Waals surface area contributed by atoms with Crippen LogP contribution in [0.4, 0.5) is 0 Å². The van der Waals surface area contributed by atoms with Crippen LogP contribution < -0.4 is 5.73 Å². The van der Waals surface area contributed by atoms with Crippen LogP contribution in [0.5, 0.6) is 0 Å². The summed E-state index contributed by atoms with van der Waals surface area (Å²) in [6.45, 7) is 2.64. The van der Waals surface area contributed by atoms with Crippen molar-refractivity contribution in [3.8, 4) is 0 Å². The van der Waals surface area contributed by atoms with Gasteiger partial charge in [-0.15, -0.1) is 0 Å². The van der Waals surface area contributed by atoms with Gasteiger partial charge in [0.2, 0.25) is 0 Å². The molecular weight excluding hydrogens is 186 g/mol. The highest BCUT2D eigenvalue weighted by molar-refractivity contribution is 7.84. The summed E-state index contributed by atoms with van der Waals surface area (Å²) in [5.74, 6) is 0.649. The monoisotopic (exact) mass is 201 g/mol. The Morgan fingerprint density at radius 3 is 3.00 bits per heavy atom. The van der Waals surface area contributed by atoms with Crippen molar-refractivity contribution >= 4 is 10.8 Å². The maximum Gasteiger partial charge on any atom is 0.0948 e. The van der Waals surface area contributed by atoms with E-state index in [9.17, 15) is 4.21 Å². The van der Waals surface area contributed by atoms with Gasteiger partial charge in [0.05, 0.1) is 12.0 Å². The van der Waals surface area contributed by atoms with E-state index in [-0.39, 0.29) is 6.04 Å². The zero-order chi connectivity index (χ0) is 9.84. The molecule has 13 heavy (non-hydrogen) atoms. The van der Waals surface area contributed by atoms with E-state index in [0.29, 0.717) is 5.75 Å². The lowest BCUT2D eigenvalue weighted by Crippen LogP contribution is -2.14. The van der Waals surface area contributed by atoms with Gasteiger partial charge in [-0.25, -0.2) is 4.98 Å². The molecule has 0 saturated carbocycles. The first-order chi connectivity index (χ1) is 6.11. The Bertz CT molecular complexity index is 295. The van der Waals surface area contributed by atoms with Crippen molar-refractivity contribution in [3.05, 3.63) is 18.2 Å². The summed E-state index contributed by atoms with van der Waals surface area (Å²) >= 11 is 0. The smallest absolute Gasteiger partial charge is 0.0948 e. The Hall–Kier alpha value is -0.680. The maximum atomic E-state index is 10.9. The summed E-state index contributed by atoms with van der Waals surface area (Å²) in [7, 11) is -0.761. The van der Waals surface area contributed by atoms with E-state index in [1.807, 2.05) is 11.5 Å². The highest BCUT2D eigenvalue weighted by Crippen LogP contribution is 2.08. The molecule has 0 saturated heterocycles. The van der Waals surface area contributed by atoms with E-state index < -0.39 is 10.8 Å². The van der Waals surface area contributed by atoms with E-state index in [1.165, 1.54) is 0 Å². The van der Waals surface area contributed by atoms with Crippen LogP contribution in [-0.4, -0.2) is 25.8 Å². The fraction of sp³-hybridized carbons (Fsp3) is 0.625. The van der Waals surface area contributed by atoms with Gasteiger partial charge in [-0.1, -0.05) is 0 Å². The van der Waals surface area contributed by atoms with Crippen molar-refractivity contribution in [2.45, 2.75) is 19.5 Å². The third-order valence-electron chi connectivity index (χ3n) is 1.83. The standard InChI is InChI=1S/C8H15N3OS/c1-7(9)8-5-10-6-11(8)3-4-13(2)12/h5-7H,3-4,9H2,1-2H3. The molecule has 2 N–H and O–H groups in total. The highest BCUT2D eigenvalue weighted by atomic mass is 32.2. The number of nitrogens with zero attached hydrogens (tertiary/aromatic N) is 2. The maximum absolute atomic E-state index is 10.9. The molecule has 2 unspecified atom stereocenters. The third kappa shape index (κ3) is 2.93. The second kappa shape index (κ2) is 4.53. The zero-order valence-corrected chi connectivity index (χ0v) is 8.75. The molecule has 0 spiro atoms. The zero-order valence-electron chi connectivity index (χ0n) is 7.93. The molecule has 2 atom stereocenters. The number of aromatic nitrogens is 2. The minimum atomic E-state index is -0.761. The van der Waals surface area contributed by atoms with Gasteiger partial charge >= 0.3 is 0 Å². The van der Waals surface area contributed by atoms with E-state index in [0.717, 1.165) is 12.2 Å². The second-order valence-electron chi connectivity index (χ2n) is 3.08. The molecule has 1 aromatic heterocycles. The van der Waals surface area contributed by atoms with Gasteiger partial charge < -0.3 is 10.3 Å². The van der Waals surface area contributed by atoms with E-state index in [1.54, 1.807) is 18.8 Å². The Labute approximate surface area is 80.6 Å². The Kier molecular flexibility index (Phi) is 3.62. The molecule has 74 valence electrons. The van der Waals surface area contributed by atoms with Crippen molar-refractivity contribution in [1.82, 2.24) is 9.55 Å². The first-order valence-corrected chi connectivity index (χ1v) is 5.89. The summed E-state index contributed by atoms with van der Waals surface area (Å²) in [6.07, 6.45) is 5.18. The average molecular weight is 201 g/mol. The molecule has 0 bridgehead atoms. The molecule has 5 heteroatoms. The molecule has 0 aliphatic rings. The van der Waals surface area contributed by atoms with Crippen LogP contribution in [0.1, 0.15) is 18.7 Å². The van der Waals surface area contributed by atoms with Crippen molar-refractivity contribution < 1.29 is 4.21 Å². The first kappa shape index (κ1) is 10.4. The molecule has 0 radical (unpaired) electrons. The summed E-state index contributed by atoms with van der Waals surface area (Å²) in [5, 5.41) is 0. The molecule has 0 aromatic carbocycles. The number of nitrogens with two attached hydrogens (primary N) is 1. The lowest BCUT2D eigenvalue weighted by atomic mass is 10.3. The molecule has 1 rings (SSSR count). The van der Waals surface area contributed by atoms with Crippen LogP contribution in [0.15, 0.2) is 12.5 Å². The Morgan fingerprint density at radius 2 is 2.46 bits per heavy atom. The van der Waals surface area contributed by atoms with Crippen LogP contribution in [0.25, 0.3) is 0 Å². The molecule has 1 heterocycles. The van der Waals surface area contributed by atoms with Crippen molar-refractivity contribution in [2.75, 3.05) is 12.0 Å². The molecule has 1 aromatic rings. The normalized spacial score (nSPS) is 15.6. The number of imidazole rings is 1. The fourth-order valence-corrected chi connectivity index (χ4v) is 1.58. The molecule has 0 amide bonds. The minimum absolute atomic E-state index is 0.0206. The first-order valence-electron chi connectivity index (χ1n) is 4.17. The second-order valence-corrected chi connectivity index (χ2v) is 4.63. The summed E-state index contributed by atoms with van der Waals surface area (Å²) in [5.41, 5.74) is 6.72. The van der Waals surface area contributed by atoms with Gasteiger partial charge in [-0.2, -0.15) is 0 Å². The predicted octanol–water partition coefficient (Wildman–Crippen LogP) is 0.281. The molecular formula is C8H15N3OS. The van der Waals surface area contributed by atoms with Gasteiger partial charge in [0, 0.05) is 41.6 Å². The van der Waals surface area contributed by atoms with Crippen LogP contribution in [0.3, 0.4) is 0 Å². The molecule has 0 aliphatic carbocycles. The fourth-order valence-electron chi connectivity index (χ4n) is 1.12. The van der Waals surface area contributed by atoms with Crippen LogP contribution in [0.2, 0.25) is 0 Å². The van der Waals surface area contributed by atoms with Crippen molar-refractivity contribution in [2.24, 2.45) is 5.73 Å². The Morgan fingerprint density at radius 1 is 1.77 bits per heavy atom. The van der Waals surface area contributed by atoms with Gasteiger partial charge in [-0.05, 0) is 6.92 Å². The van der Waals surface area contributed by atoms with Crippen LogP contribution in [0, 0.1) is 0 Å². The largest absolute Gasteiger partial charge is 0.332 e. The number of rotatable bonds is 4. The molecule has 4 nitrogen and oxygen atoms in total. The van der Waals surface area contributed by atoms with Gasteiger partial charge in [0.1, 0.15) is 0 Å². The Balaban J connectivity index is 2.65. The van der Waals surface area contributed by atoms with Gasteiger partial charge in [0.15, 0.2) is 0 Å². The van der Waals surface area contributed by atoms with E-state index in [2.05, 4.69) is 4.98 Å². The molecule has 0 fully saturated rings. The van der Waals surface area contributed by atoms with Gasteiger partial charge in [-0.3, -0.25) is 4.21 Å². The SMILES string of the molecule is CC(N)c1cncn1CCS(C)=O. The lowest BCUT2D eigenvalue weighted by molar-refractivity contribution is 0.647. The van der Waals surface area contributed by atoms with Gasteiger partial charge in [0.25, 0.3) is 0 Å². The highest BCUT2D eigenvalue weighted by Gasteiger charge is 2.06.